The topological polar surface area (TPSA) is 194 Å². The summed E-state index contributed by atoms with van der Waals surface area (Å²) in [7, 11) is 0. The molecule has 0 saturated heterocycles. The zero-order valence-corrected chi connectivity index (χ0v) is 26.1. The molecule has 43 heavy (non-hydrogen) atoms. The van der Waals surface area contributed by atoms with Gasteiger partial charge in [0.05, 0.1) is 38.1 Å². The summed E-state index contributed by atoms with van der Waals surface area (Å²) in [6, 6.07) is 0. The summed E-state index contributed by atoms with van der Waals surface area (Å²) in [5.41, 5.74) is 26.2. The molecule has 4 fully saturated rings. The van der Waals surface area contributed by atoms with E-state index in [-0.39, 0.29) is 35.7 Å². The van der Waals surface area contributed by atoms with Gasteiger partial charge in [-0.25, -0.2) is 0 Å². The minimum Gasteiger partial charge on any atom is -0.396 e. The first-order valence-corrected chi connectivity index (χ1v) is 16.0. The minimum atomic E-state index is -0.0983. The summed E-state index contributed by atoms with van der Waals surface area (Å²) in [4.78, 5) is 8.69. The van der Waals surface area contributed by atoms with E-state index in [9.17, 15) is 5.11 Å². The van der Waals surface area contributed by atoms with Gasteiger partial charge >= 0.3 is 0 Å². The van der Waals surface area contributed by atoms with Crippen LogP contribution >= 0.6 is 0 Å². The van der Waals surface area contributed by atoms with Crippen molar-refractivity contribution < 1.29 is 19.3 Å². The smallest absolute Gasteiger partial charge is 0.0649 e. The Hall–Kier alpha value is -2.23. The number of aliphatic hydroxyl groups is 1. The van der Waals surface area contributed by atoms with Crippen LogP contribution in [0.25, 0.3) is 31.3 Å². The largest absolute Gasteiger partial charge is 0.396 e. The lowest BCUT2D eigenvalue weighted by atomic mass is 9.43. The summed E-state index contributed by atoms with van der Waals surface area (Å²) in [5.74, 6) is 4.51. The highest BCUT2D eigenvalue weighted by Gasteiger charge is 2.67. The number of hydrogen-bond acceptors (Lipinski definition) is 7. The molecule has 4 aliphatic rings. The van der Waals surface area contributed by atoms with Gasteiger partial charge in [0, 0.05) is 52.3 Å². The van der Waals surface area contributed by atoms with Crippen LogP contribution in [0.15, 0.2) is 15.3 Å². The Balaban J connectivity index is 1.65. The van der Waals surface area contributed by atoms with E-state index in [2.05, 4.69) is 50.8 Å². The van der Waals surface area contributed by atoms with Crippen molar-refractivity contribution in [3.05, 3.63) is 43.2 Å². The third-order valence-electron chi connectivity index (χ3n) is 11.4. The Bertz CT molecular complexity index is 1060. The predicted molar refractivity (Wildman–Crippen MR) is 162 cm³/mol. The molecule has 1 N–H and O–H groups in total. The van der Waals surface area contributed by atoms with Crippen LogP contribution in [0.2, 0.25) is 0 Å². The van der Waals surface area contributed by atoms with Gasteiger partial charge in [0.2, 0.25) is 0 Å². The Kier molecular flexibility index (Phi) is 12.3. The average molecular weight is 600 g/mol. The van der Waals surface area contributed by atoms with E-state index in [4.69, 9.17) is 30.8 Å². The first-order chi connectivity index (χ1) is 20.8. The van der Waals surface area contributed by atoms with Crippen molar-refractivity contribution in [3.8, 4) is 0 Å². The van der Waals surface area contributed by atoms with Gasteiger partial charge < -0.3 is 19.3 Å². The fourth-order valence-corrected chi connectivity index (χ4v) is 9.39. The number of aliphatic hydroxyl groups excluding tert-OH is 1. The third kappa shape index (κ3) is 7.20. The second kappa shape index (κ2) is 15.7. The van der Waals surface area contributed by atoms with Crippen LogP contribution in [0.3, 0.4) is 0 Å². The van der Waals surface area contributed by atoms with Crippen molar-refractivity contribution in [2.75, 3.05) is 46.1 Å². The molecule has 9 atom stereocenters. The monoisotopic (exact) mass is 599 g/mol. The fourth-order valence-electron chi connectivity index (χ4n) is 9.39. The summed E-state index contributed by atoms with van der Waals surface area (Å²) in [5, 5.41) is 20.7. The van der Waals surface area contributed by atoms with Crippen LogP contribution in [-0.4, -0.2) is 69.5 Å². The molecule has 0 aromatic heterocycles. The second-order valence-electron chi connectivity index (χ2n) is 13.3. The number of rotatable bonds is 16. The molecule has 4 rings (SSSR count). The molecule has 0 spiro atoms. The lowest BCUT2D eigenvalue weighted by molar-refractivity contribution is -0.151. The second-order valence-corrected chi connectivity index (χ2v) is 13.3. The average Bonchev–Trinajstić information content (AvgIpc) is 3.37. The summed E-state index contributed by atoms with van der Waals surface area (Å²) >= 11 is 0. The lowest BCUT2D eigenvalue weighted by Crippen LogP contribution is -2.62. The van der Waals surface area contributed by atoms with E-state index in [1.54, 1.807) is 0 Å². The van der Waals surface area contributed by atoms with E-state index < -0.39 is 0 Å². The van der Waals surface area contributed by atoms with Crippen LogP contribution < -0.4 is 0 Å². The molecule has 0 bridgehead atoms. The van der Waals surface area contributed by atoms with E-state index in [0.717, 1.165) is 57.8 Å². The molecule has 2 radical (unpaired) electrons. The third-order valence-corrected chi connectivity index (χ3v) is 11.4. The quantitative estimate of drug-likeness (QED) is 0.0843. The molecule has 13 nitrogen and oxygen atoms in total. The van der Waals surface area contributed by atoms with Gasteiger partial charge in [0.1, 0.15) is 0 Å². The molecule has 0 amide bonds. The molecule has 4 aliphatic carbocycles. The Morgan fingerprint density at radius 1 is 0.884 bits per heavy atom. The van der Waals surface area contributed by atoms with Crippen LogP contribution in [0.1, 0.15) is 78.6 Å². The van der Waals surface area contributed by atoms with Crippen molar-refractivity contribution in [1.29, 1.82) is 0 Å². The van der Waals surface area contributed by atoms with Gasteiger partial charge in [-0.15, -0.1) is 0 Å². The molecule has 0 heterocycles. The molecular weight excluding hydrogens is 550 g/mol. The first kappa shape index (κ1) is 33.7. The van der Waals surface area contributed by atoms with Gasteiger partial charge in [-0.1, -0.05) is 36.1 Å². The van der Waals surface area contributed by atoms with Crippen LogP contribution in [0.5, 0.6) is 0 Å². The highest BCUT2D eigenvalue weighted by atomic mass is 16.5. The van der Waals surface area contributed by atoms with E-state index in [1.807, 2.05) is 0 Å². The SMILES string of the molecule is C[C@H](CCCO)[C@H]1CC[C@H]2[C]3[C@H](OCCN=[N+]=[N-])C[C]4C[C@@H](OCCN=[N+]=[N-])CC[C@]4(C)[C@H]3C[C@H](OCCN=[N+]=[N-])[C@]12C. The Morgan fingerprint density at radius 2 is 1.53 bits per heavy atom. The van der Waals surface area contributed by atoms with Crippen LogP contribution in [0, 0.1) is 46.3 Å². The summed E-state index contributed by atoms with van der Waals surface area (Å²) in [6.45, 7) is 9.52. The normalized spacial score (nSPS) is 36.3. The van der Waals surface area contributed by atoms with Gasteiger partial charge in [0.25, 0.3) is 0 Å². The number of nitrogens with zero attached hydrogens (tertiary/aromatic N) is 9. The number of azide groups is 3. The van der Waals surface area contributed by atoms with Gasteiger partial charge in [0.15, 0.2) is 0 Å². The summed E-state index contributed by atoms with van der Waals surface area (Å²) in [6.07, 6.45) is 8.59. The molecule has 0 aromatic rings. The summed E-state index contributed by atoms with van der Waals surface area (Å²) < 4.78 is 19.5. The van der Waals surface area contributed by atoms with E-state index in [1.165, 1.54) is 11.8 Å². The molecule has 0 aliphatic heterocycles. The molecule has 238 valence electrons. The zero-order valence-electron chi connectivity index (χ0n) is 26.1. The van der Waals surface area contributed by atoms with Crippen molar-refractivity contribution in [2.24, 2.45) is 49.8 Å². The maximum atomic E-state index is 9.57. The molecule has 0 unspecified atom stereocenters. The maximum absolute atomic E-state index is 9.57. The Morgan fingerprint density at radius 3 is 2.19 bits per heavy atom. The first-order valence-electron chi connectivity index (χ1n) is 16.0. The van der Waals surface area contributed by atoms with Crippen molar-refractivity contribution >= 4 is 0 Å². The standard InChI is InChI=1S/C30H49N9O4/c1-20(5-4-13-40)23-6-7-24-28-25(19-27(30(23,24)3)43-16-12-36-39-33)29(2)9-8-22(41-14-10-34-37-31)17-21(29)18-26(28)42-15-11-35-38-32/h20,22-27,40H,4-19H2,1-3H3/t20-,22+,23-,24+,25+,26-,27+,29+,30-/m1/s1. The molecule has 4 saturated carbocycles. The molecular formula is C30H49N9O4. The van der Waals surface area contributed by atoms with E-state index in [0.29, 0.717) is 63.1 Å². The highest BCUT2D eigenvalue weighted by molar-refractivity contribution is 5.32. The number of ether oxygens (including phenoxy) is 3. The van der Waals surface area contributed by atoms with Crippen LogP contribution in [0.4, 0.5) is 0 Å². The van der Waals surface area contributed by atoms with E-state index >= 15 is 0 Å². The van der Waals surface area contributed by atoms with Crippen LogP contribution in [-0.2, 0) is 14.2 Å². The highest BCUT2D eigenvalue weighted by Crippen LogP contribution is 2.70. The zero-order chi connectivity index (χ0) is 30.9. The minimum absolute atomic E-state index is 0.000987. The van der Waals surface area contributed by atoms with Crippen molar-refractivity contribution in [1.82, 2.24) is 0 Å². The van der Waals surface area contributed by atoms with Gasteiger partial charge in [-0.3, -0.25) is 0 Å². The number of fused-ring (bicyclic) bond motifs is 5. The molecule has 13 heteroatoms. The lowest BCUT2D eigenvalue weighted by Gasteiger charge is -2.64. The molecule has 0 aromatic carbocycles. The predicted octanol–water partition coefficient (Wildman–Crippen LogP) is 7.28. The Labute approximate surface area is 255 Å². The number of hydrogen-bond donors (Lipinski definition) is 1. The fraction of sp³-hybridized carbons (Fsp3) is 0.933. The van der Waals surface area contributed by atoms with Gasteiger partial charge in [-0.05, 0) is 109 Å². The van der Waals surface area contributed by atoms with Crippen molar-refractivity contribution in [2.45, 2.75) is 96.9 Å². The van der Waals surface area contributed by atoms with Gasteiger partial charge in [-0.2, -0.15) is 0 Å². The maximum Gasteiger partial charge on any atom is 0.0649 e. The van der Waals surface area contributed by atoms with Crippen molar-refractivity contribution in [3.63, 3.8) is 0 Å².